The van der Waals surface area contributed by atoms with E-state index in [-0.39, 0.29) is 12.4 Å². The van der Waals surface area contributed by atoms with Gasteiger partial charge in [-0.1, -0.05) is 0 Å². The predicted molar refractivity (Wildman–Crippen MR) is 83.5 cm³/mol. The predicted octanol–water partition coefficient (Wildman–Crippen LogP) is 2.99. The summed E-state index contributed by atoms with van der Waals surface area (Å²) in [5.74, 6) is 1.45. The van der Waals surface area contributed by atoms with Crippen LogP contribution in [0.25, 0.3) is 5.69 Å². The Morgan fingerprint density at radius 1 is 1.05 bits per heavy atom. The van der Waals surface area contributed by atoms with Gasteiger partial charge in [0, 0.05) is 29.7 Å². The van der Waals surface area contributed by atoms with Crippen LogP contribution in [0, 0.1) is 13.8 Å². The van der Waals surface area contributed by atoms with E-state index in [1.165, 1.54) is 0 Å². The van der Waals surface area contributed by atoms with Crippen LogP contribution in [0.5, 0.6) is 11.5 Å². The molecule has 1 heterocycles. The Morgan fingerprint density at radius 2 is 1.70 bits per heavy atom. The van der Waals surface area contributed by atoms with E-state index in [4.69, 9.17) is 15.2 Å². The fourth-order valence-electron chi connectivity index (χ4n) is 2.40. The largest absolute Gasteiger partial charge is 0.493 e. The highest BCUT2D eigenvalue weighted by Crippen LogP contribution is 2.31. The molecule has 2 rings (SSSR count). The highest BCUT2D eigenvalue weighted by atomic mass is 35.5. The van der Waals surface area contributed by atoms with Crippen LogP contribution in [0.15, 0.2) is 24.3 Å². The number of methoxy groups -OCH3 is 2. The average Bonchev–Trinajstić information content (AvgIpc) is 2.72. The van der Waals surface area contributed by atoms with Crippen molar-refractivity contribution in [1.82, 2.24) is 4.57 Å². The Balaban J connectivity index is 0.00000200. The lowest BCUT2D eigenvalue weighted by molar-refractivity contribution is 0.355. The van der Waals surface area contributed by atoms with Gasteiger partial charge in [-0.2, -0.15) is 0 Å². The smallest absolute Gasteiger partial charge is 0.162 e. The molecule has 0 saturated carbocycles. The number of nitrogens with two attached hydrogens (primary N) is 1. The second kappa shape index (κ2) is 6.68. The molecule has 2 N–H and O–H groups in total. The number of rotatable bonds is 4. The van der Waals surface area contributed by atoms with Gasteiger partial charge in [-0.05, 0) is 37.6 Å². The summed E-state index contributed by atoms with van der Waals surface area (Å²) < 4.78 is 12.8. The first-order chi connectivity index (χ1) is 9.12. The molecule has 0 spiro atoms. The Labute approximate surface area is 125 Å². The van der Waals surface area contributed by atoms with E-state index in [1.807, 2.05) is 18.2 Å². The Kier molecular flexibility index (Phi) is 5.48. The van der Waals surface area contributed by atoms with Crippen LogP contribution >= 0.6 is 12.4 Å². The van der Waals surface area contributed by atoms with Crippen molar-refractivity contribution in [2.75, 3.05) is 14.2 Å². The van der Waals surface area contributed by atoms with Crippen LogP contribution in [0.4, 0.5) is 0 Å². The fourth-order valence-corrected chi connectivity index (χ4v) is 2.40. The monoisotopic (exact) mass is 296 g/mol. The first kappa shape index (κ1) is 16.4. The van der Waals surface area contributed by atoms with Crippen LogP contribution in [0.2, 0.25) is 0 Å². The maximum absolute atomic E-state index is 5.75. The molecule has 20 heavy (non-hydrogen) atoms. The van der Waals surface area contributed by atoms with E-state index in [1.54, 1.807) is 14.2 Å². The van der Waals surface area contributed by atoms with Gasteiger partial charge in [0.2, 0.25) is 0 Å². The minimum Gasteiger partial charge on any atom is -0.493 e. The van der Waals surface area contributed by atoms with Gasteiger partial charge in [0.15, 0.2) is 11.5 Å². The summed E-state index contributed by atoms with van der Waals surface area (Å²) in [6.07, 6.45) is 0. The molecule has 0 atom stereocenters. The fraction of sp³-hybridized carbons (Fsp3) is 0.333. The van der Waals surface area contributed by atoms with E-state index in [2.05, 4.69) is 24.5 Å². The summed E-state index contributed by atoms with van der Waals surface area (Å²) in [6, 6.07) is 8.02. The van der Waals surface area contributed by atoms with Crippen LogP contribution in [0.3, 0.4) is 0 Å². The number of ether oxygens (including phenoxy) is 2. The summed E-state index contributed by atoms with van der Waals surface area (Å²) in [4.78, 5) is 0. The van der Waals surface area contributed by atoms with Gasteiger partial charge in [-0.3, -0.25) is 0 Å². The number of hydrogen-bond donors (Lipinski definition) is 1. The molecule has 0 saturated heterocycles. The third-order valence-corrected chi connectivity index (χ3v) is 3.38. The minimum atomic E-state index is 0. The highest BCUT2D eigenvalue weighted by Gasteiger charge is 2.12. The summed E-state index contributed by atoms with van der Waals surface area (Å²) in [7, 11) is 3.28. The zero-order valence-electron chi connectivity index (χ0n) is 12.3. The lowest BCUT2D eigenvalue weighted by Crippen LogP contribution is -2.02. The number of benzene rings is 1. The van der Waals surface area contributed by atoms with Crippen molar-refractivity contribution < 1.29 is 9.47 Å². The zero-order valence-corrected chi connectivity index (χ0v) is 13.1. The molecule has 0 aliphatic carbocycles. The first-order valence-corrected chi connectivity index (χ1v) is 6.22. The van der Waals surface area contributed by atoms with Crippen molar-refractivity contribution in [1.29, 1.82) is 0 Å². The lowest BCUT2D eigenvalue weighted by atomic mass is 10.2. The Bertz CT molecular complexity index is 594. The quantitative estimate of drug-likeness (QED) is 0.943. The maximum atomic E-state index is 5.75. The Morgan fingerprint density at radius 3 is 2.20 bits per heavy atom. The van der Waals surface area contributed by atoms with Crippen molar-refractivity contribution in [3.63, 3.8) is 0 Å². The molecule has 0 bridgehead atoms. The van der Waals surface area contributed by atoms with Gasteiger partial charge in [-0.15, -0.1) is 12.4 Å². The number of aromatic nitrogens is 1. The second-order valence-electron chi connectivity index (χ2n) is 4.48. The van der Waals surface area contributed by atoms with E-state index < -0.39 is 0 Å². The summed E-state index contributed by atoms with van der Waals surface area (Å²) in [5, 5.41) is 0. The van der Waals surface area contributed by atoms with Gasteiger partial charge in [-0.25, -0.2) is 0 Å². The van der Waals surface area contributed by atoms with Crippen LogP contribution in [0.1, 0.15) is 17.0 Å². The Hall–Kier alpha value is -1.65. The van der Waals surface area contributed by atoms with Gasteiger partial charge in [0.25, 0.3) is 0 Å². The number of nitrogens with zero attached hydrogens (tertiary/aromatic N) is 1. The highest BCUT2D eigenvalue weighted by molar-refractivity contribution is 5.85. The van der Waals surface area contributed by atoms with Crippen LogP contribution in [-0.2, 0) is 6.54 Å². The van der Waals surface area contributed by atoms with E-state index in [9.17, 15) is 0 Å². The molecular weight excluding hydrogens is 276 g/mol. The van der Waals surface area contributed by atoms with Crippen molar-refractivity contribution in [2.24, 2.45) is 5.73 Å². The van der Waals surface area contributed by atoms with Crippen molar-refractivity contribution in [2.45, 2.75) is 20.4 Å². The normalized spacial score (nSPS) is 10.1. The molecule has 0 aliphatic rings. The topological polar surface area (TPSA) is 49.4 Å². The molecule has 110 valence electrons. The molecule has 0 aliphatic heterocycles. The van der Waals surface area contributed by atoms with Crippen LogP contribution in [-0.4, -0.2) is 18.8 Å². The number of hydrogen-bond acceptors (Lipinski definition) is 3. The summed E-state index contributed by atoms with van der Waals surface area (Å²) in [6.45, 7) is 4.70. The van der Waals surface area contributed by atoms with Crippen molar-refractivity contribution in [3.05, 3.63) is 41.2 Å². The second-order valence-corrected chi connectivity index (χ2v) is 4.48. The van der Waals surface area contributed by atoms with Crippen molar-refractivity contribution in [3.8, 4) is 17.2 Å². The molecule has 0 fully saturated rings. The average molecular weight is 297 g/mol. The molecule has 1 aromatic carbocycles. The molecule has 0 amide bonds. The molecule has 0 radical (unpaired) electrons. The van der Waals surface area contributed by atoms with Crippen LogP contribution < -0.4 is 15.2 Å². The van der Waals surface area contributed by atoms with Gasteiger partial charge in [0.05, 0.1) is 14.2 Å². The van der Waals surface area contributed by atoms with Crippen molar-refractivity contribution >= 4 is 12.4 Å². The third kappa shape index (κ3) is 2.76. The maximum Gasteiger partial charge on any atom is 0.162 e. The molecule has 0 unspecified atom stereocenters. The molecule has 1 aromatic heterocycles. The summed E-state index contributed by atoms with van der Waals surface area (Å²) >= 11 is 0. The van der Waals surface area contributed by atoms with Gasteiger partial charge >= 0.3 is 0 Å². The van der Waals surface area contributed by atoms with E-state index in [0.29, 0.717) is 6.54 Å². The van der Waals surface area contributed by atoms with E-state index in [0.717, 1.165) is 34.1 Å². The standard InChI is InChI=1S/C15H20N2O2.ClH/c1-10-7-12(9-16)11(2)17(10)13-5-6-14(18-3)15(8-13)19-4;/h5-8H,9,16H2,1-4H3;1H. The van der Waals surface area contributed by atoms with Gasteiger partial charge in [0.1, 0.15) is 0 Å². The third-order valence-electron chi connectivity index (χ3n) is 3.38. The first-order valence-electron chi connectivity index (χ1n) is 6.22. The molecular formula is C15H21ClN2O2. The SMILES string of the molecule is COc1ccc(-n2c(C)cc(CN)c2C)cc1OC.Cl. The minimum absolute atomic E-state index is 0. The number of halogens is 1. The molecule has 2 aromatic rings. The van der Waals surface area contributed by atoms with Gasteiger partial charge < -0.3 is 19.8 Å². The van der Waals surface area contributed by atoms with E-state index >= 15 is 0 Å². The zero-order chi connectivity index (χ0) is 14.0. The summed E-state index contributed by atoms with van der Waals surface area (Å²) in [5.41, 5.74) is 10.3. The molecule has 5 heteroatoms. The number of aryl methyl sites for hydroxylation is 1. The molecule has 4 nitrogen and oxygen atoms in total. The lowest BCUT2D eigenvalue weighted by Gasteiger charge is -2.13.